The second-order valence-electron chi connectivity index (χ2n) is 2.86. The summed E-state index contributed by atoms with van der Waals surface area (Å²) in [6.45, 7) is 0.757. The SMILES string of the molecule is NCCCSCc1cccc(O)c1. The fourth-order valence-corrected chi connectivity index (χ4v) is 1.95. The molecule has 0 fully saturated rings. The highest BCUT2D eigenvalue weighted by Crippen LogP contribution is 2.16. The van der Waals surface area contributed by atoms with E-state index in [1.807, 2.05) is 23.9 Å². The van der Waals surface area contributed by atoms with Crippen LogP contribution in [0, 0.1) is 0 Å². The summed E-state index contributed by atoms with van der Waals surface area (Å²) in [5.74, 6) is 2.39. The van der Waals surface area contributed by atoms with Gasteiger partial charge in [0.1, 0.15) is 5.75 Å². The Morgan fingerprint density at radius 3 is 2.92 bits per heavy atom. The lowest BCUT2D eigenvalue weighted by atomic mass is 10.2. The maximum Gasteiger partial charge on any atom is 0.115 e. The minimum Gasteiger partial charge on any atom is -0.508 e. The highest BCUT2D eigenvalue weighted by Gasteiger charge is 1.94. The number of rotatable bonds is 5. The molecule has 3 N–H and O–H groups in total. The van der Waals surface area contributed by atoms with Crippen molar-refractivity contribution in [1.29, 1.82) is 0 Å². The van der Waals surface area contributed by atoms with Gasteiger partial charge in [-0.15, -0.1) is 0 Å². The highest BCUT2D eigenvalue weighted by atomic mass is 32.2. The molecule has 0 atom stereocenters. The Balaban J connectivity index is 2.28. The van der Waals surface area contributed by atoms with Crippen LogP contribution in [-0.4, -0.2) is 17.4 Å². The molecule has 72 valence electrons. The van der Waals surface area contributed by atoms with Crippen LogP contribution in [0.4, 0.5) is 0 Å². The number of hydrogen-bond acceptors (Lipinski definition) is 3. The molecule has 0 unspecified atom stereocenters. The summed E-state index contributed by atoms with van der Waals surface area (Å²) in [7, 11) is 0. The summed E-state index contributed by atoms with van der Waals surface area (Å²) in [5.41, 5.74) is 6.55. The van der Waals surface area contributed by atoms with Crippen LogP contribution >= 0.6 is 11.8 Å². The Kier molecular flexibility index (Phi) is 4.72. The highest BCUT2D eigenvalue weighted by molar-refractivity contribution is 7.98. The van der Waals surface area contributed by atoms with E-state index >= 15 is 0 Å². The van der Waals surface area contributed by atoms with Crippen molar-refractivity contribution < 1.29 is 5.11 Å². The van der Waals surface area contributed by atoms with E-state index in [-0.39, 0.29) is 0 Å². The van der Waals surface area contributed by atoms with Gasteiger partial charge in [0.15, 0.2) is 0 Å². The molecule has 0 amide bonds. The molecule has 1 rings (SSSR count). The van der Waals surface area contributed by atoms with E-state index in [2.05, 4.69) is 0 Å². The van der Waals surface area contributed by atoms with Crippen molar-refractivity contribution in [3.63, 3.8) is 0 Å². The summed E-state index contributed by atoms with van der Waals surface area (Å²) in [6, 6.07) is 7.38. The number of hydrogen-bond donors (Lipinski definition) is 2. The van der Waals surface area contributed by atoms with Crippen molar-refractivity contribution in [2.75, 3.05) is 12.3 Å². The molecule has 0 aliphatic heterocycles. The standard InChI is InChI=1S/C10H15NOS/c11-5-2-6-13-8-9-3-1-4-10(12)7-9/h1,3-4,7,12H,2,5-6,8,11H2. The van der Waals surface area contributed by atoms with Crippen molar-refractivity contribution in [2.45, 2.75) is 12.2 Å². The lowest BCUT2D eigenvalue weighted by Crippen LogP contribution is -1.99. The molecule has 0 aliphatic carbocycles. The number of benzene rings is 1. The van der Waals surface area contributed by atoms with E-state index < -0.39 is 0 Å². The van der Waals surface area contributed by atoms with Gasteiger partial charge >= 0.3 is 0 Å². The molecule has 0 spiro atoms. The van der Waals surface area contributed by atoms with Crippen LogP contribution in [0.15, 0.2) is 24.3 Å². The Hall–Kier alpha value is -0.670. The second kappa shape index (κ2) is 5.89. The molecule has 0 radical (unpaired) electrons. The Morgan fingerprint density at radius 2 is 2.23 bits per heavy atom. The van der Waals surface area contributed by atoms with E-state index in [1.54, 1.807) is 12.1 Å². The minimum atomic E-state index is 0.344. The smallest absolute Gasteiger partial charge is 0.115 e. The van der Waals surface area contributed by atoms with E-state index in [4.69, 9.17) is 5.73 Å². The first-order chi connectivity index (χ1) is 6.33. The van der Waals surface area contributed by atoms with Crippen molar-refractivity contribution >= 4 is 11.8 Å². The lowest BCUT2D eigenvalue weighted by molar-refractivity contribution is 0.475. The third-order valence-corrected chi connectivity index (χ3v) is 2.79. The van der Waals surface area contributed by atoms with Gasteiger partial charge < -0.3 is 10.8 Å². The third kappa shape index (κ3) is 4.20. The summed E-state index contributed by atoms with van der Waals surface area (Å²) >= 11 is 1.85. The van der Waals surface area contributed by atoms with E-state index in [1.165, 1.54) is 5.56 Å². The molecule has 0 saturated heterocycles. The topological polar surface area (TPSA) is 46.2 Å². The maximum atomic E-state index is 9.19. The largest absolute Gasteiger partial charge is 0.508 e. The summed E-state index contributed by atoms with van der Waals surface area (Å²) in [5, 5.41) is 9.19. The zero-order valence-electron chi connectivity index (χ0n) is 7.57. The van der Waals surface area contributed by atoms with E-state index in [0.717, 1.165) is 24.5 Å². The normalized spacial score (nSPS) is 10.2. The fraction of sp³-hybridized carbons (Fsp3) is 0.400. The molecule has 0 aliphatic rings. The van der Waals surface area contributed by atoms with Crippen LogP contribution in [0.2, 0.25) is 0 Å². The zero-order chi connectivity index (χ0) is 9.52. The monoisotopic (exact) mass is 197 g/mol. The van der Waals surface area contributed by atoms with Gasteiger partial charge in [-0.2, -0.15) is 11.8 Å². The second-order valence-corrected chi connectivity index (χ2v) is 3.97. The molecule has 2 nitrogen and oxygen atoms in total. The van der Waals surface area contributed by atoms with Crippen LogP contribution < -0.4 is 5.73 Å². The molecule has 13 heavy (non-hydrogen) atoms. The molecular formula is C10H15NOS. The summed E-state index contributed by atoms with van der Waals surface area (Å²) in [4.78, 5) is 0. The molecule has 0 saturated carbocycles. The first-order valence-electron chi connectivity index (χ1n) is 4.38. The van der Waals surface area contributed by atoms with Crippen molar-refractivity contribution in [3.8, 4) is 5.75 Å². The number of aromatic hydroxyl groups is 1. The molecule has 1 aromatic rings. The molecule has 3 heteroatoms. The number of nitrogens with two attached hydrogens (primary N) is 1. The Morgan fingerprint density at radius 1 is 1.38 bits per heavy atom. The van der Waals surface area contributed by atoms with Crippen molar-refractivity contribution in [1.82, 2.24) is 0 Å². The van der Waals surface area contributed by atoms with Gasteiger partial charge in [-0.25, -0.2) is 0 Å². The number of phenols is 1. The van der Waals surface area contributed by atoms with Gasteiger partial charge in [-0.3, -0.25) is 0 Å². The Bertz CT molecular complexity index is 252. The first-order valence-corrected chi connectivity index (χ1v) is 5.54. The third-order valence-electron chi connectivity index (χ3n) is 1.67. The molecule has 0 aromatic heterocycles. The number of phenolic OH excluding ortho intramolecular Hbond substituents is 1. The van der Waals surface area contributed by atoms with Gasteiger partial charge in [0, 0.05) is 5.75 Å². The summed E-state index contributed by atoms with van der Waals surface area (Å²) < 4.78 is 0. The van der Waals surface area contributed by atoms with Gasteiger partial charge in [-0.05, 0) is 36.4 Å². The maximum absolute atomic E-state index is 9.19. The van der Waals surface area contributed by atoms with Crippen LogP contribution in [-0.2, 0) is 5.75 Å². The van der Waals surface area contributed by atoms with E-state index in [0.29, 0.717) is 5.75 Å². The zero-order valence-corrected chi connectivity index (χ0v) is 8.39. The molecule has 0 heterocycles. The van der Waals surface area contributed by atoms with Crippen LogP contribution in [0.1, 0.15) is 12.0 Å². The Labute approximate surface area is 83.1 Å². The van der Waals surface area contributed by atoms with Gasteiger partial charge in [0.2, 0.25) is 0 Å². The van der Waals surface area contributed by atoms with E-state index in [9.17, 15) is 5.11 Å². The molecule has 1 aromatic carbocycles. The van der Waals surface area contributed by atoms with Crippen LogP contribution in [0.3, 0.4) is 0 Å². The van der Waals surface area contributed by atoms with Crippen LogP contribution in [0.25, 0.3) is 0 Å². The predicted octanol–water partition coefficient (Wildman–Crippen LogP) is 1.97. The molecular weight excluding hydrogens is 182 g/mol. The van der Waals surface area contributed by atoms with Crippen molar-refractivity contribution in [2.24, 2.45) is 5.73 Å². The quantitative estimate of drug-likeness (QED) is 0.709. The first kappa shape index (κ1) is 10.4. The number of thioether (sulfide) groups is 1. The average molecular weight is 197 g/mol. The average Bonchev–Trinajstić information content (AvgIpc) is 2.13. The minimum absolute atomic E-state index is 0.344. The van der Waals surface area contributed by atoms with Gasteiger partial charge in [0.05, 0.1) is 0 Å². The predicted molar refractivity (Wildman–Crippen MR) is 57.9 cm³/mol. The molecule has 0 bridgehead atoms. The van der Waals surface area contributed by atoms with Gasteiger partial charge in [-0.1, -0.05) is 12.1 Å². The fourth-order valence-electron chi connectivity index (χ4n) is 1.02. The van der Waals surface area contributed by atoms with Crippen molar-refractivity contribution in [3.05, 3.63) is 29.8 Å². The van der Waals surface area contributed by atoms with Gasteiger partial charge in [0.25, 0.3) is 0 Å². The summed E-state index contributed by atoms with van der Waals surface area (Å²) in [6.07, 6.45) is 1.06. The van der Waals surface area contributed by atoms with Crippen LogP contribution in [0.5, 0.6) is 5.75 Å². The lowest BCUT2D eigenvalue weighted by Gasteiger charge is -2.01.